The number of rotatable bonds is 12. The summed E-state index contributed by atoms with van der Waals surface area (Å²) in [7, 11) is 0. The van der Waals surface area contributed by atoms with E-state index in [4.69, 9.17) is 0 Å². The van der Waals surface area contributed by atoms with E-state index in [-0.39, 0.29) is 5.41 Å². The molecule has 0 aliphatic heterocycles. The number of benzene rings is 3. The third-order valence-electron chi connectivity index (χ3n) is 9.45. The quantitative estimate of drug-likeness (QED) is 0.125. The van der Waals surface area contributed by atoms with Crippen LogP contribution in [0.5, 0.6) is 0 Å². The molecule has 0 saturated heterocycles. The molecule has 6 heterocycles. The van der Waals surface area contributed by atoms with E-state index in [1.54, 1.807) is 24.8 Å². The van der Waals surface area contributed by atoms with Gasteiger partial charge in [0.25, 0.3) is 0 Å². The zero-order valence-electron chi connectivity index (χ0n) is 33.4. The predicted molar refractivity (Wildman–Crippen MR) is 226 cm³/mol. The van der Waals surface area contributed by atoms with Crippen LogP contribution in [0.3, 0.4) is 0 Å². The second-order valence-corrected chi connectivity index (χ2v) is 15.3. The largest absolute Gasteiger partial charge is 0.333 e. The smallest absolute Gasteiger partial charge is 0.0949 e. The molecular weight excluding hydrogens is 721 g/mol. The van der Waals surface area contributed by atoms with Crippen molar-refractivity contribution in [1.82, 2.24) is 57.3 Å². The lowest BCUT2D eigenvalue weighted by molar-refractivity contribution is 0.586. The van der Waals surface area contributed by atoms with E-state index in [1.165, 1.54) is 38.9 Å². The van der Waals surface area contributed by atoms with Gasteiger partial charge in [0.15, 0.2) is 0 Å². The Morgan fingerprint density at radius 2 is 0.586 bits per heavy atom. The van der Waals surface area contributed by atoms with E-state index in [0.717, 1.165) is 39.3 Å². The number of nitrogens with zero attached hydrogens (tertiary/aromatic N) is 12. The van der Waals surface area contributed by atoms with Crippen molar-refractivity contribution in [3.05, 3.63) is 218 Å². The minimum atomic E-state index is 0.134. The molecule has 0 atom stereocenters. The molecule has 0 aliphatic rings. The van der Waals surface area contributed by atoms with Crippen molar-refractivity contribution < 1.29 is 0 Å². The van der Waals surface area contributed by atoms with Gasteiger partial charge in [-0.05, 0) is 44.4 Å². The van der Waals surface area contributed by atoms with Crippen LogP contribution < -0.4 is 0 Å². The highest BCUT2D eigenvalue weighted by molar-refractivity contribution is 5.35. The topological polar surface area (TPSA) is 107 Å². The number of aromatic nitrogens is 12. The Labute approximate surface area is 339 Å². The number of hydrogen-bond acceptors (Lipinski definition) is 6. The summed E-state index contributed by atoms with van der Waals surface area (Å²) in [6, 6.07) is 24.1. The third kappa shape index (κ3) is 12.0. The first-order valence-corrected chi connectivity index (χ1v) is 19.3. The van der Waals surface area contributed by atoms with Crippen molar-refractivity contribution in [1.29, 1.82) is 0 Å². The molecule has 3 aromatic carbocycles. The Bertz CT molecular complexity index is 2200. The van der Waals surface area contributed by atoms with Crippen LogP contribution in [0.2, 0.25) is 0 Å². The normalized spacial score (nSPS) is 11.1. The highest BCUT2D eigenvalue weighted by atomic mass is 15.0. The maximum atomic E-state index is 4.12. The summed E-state index contributed by atoms with van der Waals surface area (Å²) < 4.78 is 12.5. The van der Waals surface area contributed by atoms with Gasteiger partial charge in [0, 0.05) is 114 Å². The lowest BCUT2D eigenvalue weighted by Gasteiger charge is -2.21. The molecule has 6 aromatic heterocycles. The minimum Gasteiger partial charge on any atom is -0.333 e. The average Bonchev–Trinajstić information content (AvgIpc) is 4.06. The van der Waals surface area contributed by atoms with Crippen molar-refractivity contribution in [2.45, 2.75) is 65.5 Å². The Hall–Kier alpha value is -7.08. The molecule has 9 rings (SSSR count). The standard InChI is InChI=1S/C18H22N4.2C14H14N4/c1-18(2,3)17-9-15(11-21-6-4-19-13-21)8-16(10-17)12-22-7-5-20-14-22;2*1-2-13(9-17-6-4-15-11-17)8-14(3-1)10-18-7-5-16-12-18/h4-10,13-14H,11-12H2,1-3H3;2*1-8,11-12H,9-10H2. The Kier molecular flexibility index (Phi) is 13.0. The molecule has 12 nitrogen and oxygen atoms in total. The van der Waals surface area contributed by atoms with E-state index in [9.17, 15) is 0 Å². The van der Waals surface area contributed by atoms with Crippen molar-refractivity contribution >= 4 is 0 Å². The Morgan fingerprint density at radius 3 is 0.810 bits per heavy atom. The van der Waals surface area contributed by atoms with Gasteiger partial charge < -0.3 is 27.4 Å². The summed E-state index contributed by atoms with van der Waals surface area (Å²) in [4.78, 5) is 24.5. The van der Waals surface area contributed by atoms with Gasteiger partial charge in [0.05, 0.1) is 38.0 Å². The minimum absolute atomic E-state index is 0.134. The van der Waals surface area contributed by atoms with Crippen LogP contribution in [0.1, 0.15) is 59.7 Å². The molecule has 0 fully saturated rings. The Balaban J connectivity index is 0.000000133. The molecule has 58 heavy (non-hydrogen) atoms. The molecule has 0 amide bonds. The molecule has 0 saturated carbocycles. The molecule has 0 N–H and O–H groups in total. The van der Waals surface area contributed by atoms with E-state index in [2.05, 4.69) is 145 Å². The molecule has 0 aliphatic carbocycles. The van der Waals surface area contributed by atoms with Crippen molar-refractivity contribution in [2.75, 3.05) is 0 Å². The lowest BCUT2D eigenvalue weighted by Crippen LogP contribution is -2.13. The van der Waals surface area contributed by atoms with Crippen molar-refractivity contribution in [2.24, 2.45) is 0 Å². The first-order valence-electron chi connectivity index (χ1n) is 19.3. The molecule has 0 radical (unpaired) electrons. The number of imidazole rings is 6. The summed E-state index contributed by atoms with van der Waals surface area (Å²) in [5.41, 5.74) is 9.24. The van der Waals surface area contributed by atoms with Crippen LogP contribution in [-0.4, -0.2) is 57.3 Å². The SMILES string of the molecule is CC(C)(C)c1cc(Cn2ccnc2)cc(Cn2ccnc2)c1.c1cc(Cn2ccnc2)cc(Cn2ccnc2)c1.c1cc(Cn2ccnc2)cc(Cn2ccnc2)c1. The van der Waals surface area contributed by atoms with Crippen LogP contribution >= 0.6 is 0 Å². The first-order chi connectivity index (χ1) is 28.3. The second kappa shape index (κ2) is 19.2. The van der Waals surface area contributed by atoms with E-state index < -0.39 is 0 Å². The zero-order valence-corrected chi connectivity index (χ0v) is 33.4. The molecule has 9 aromatic rings. The van der Waals surface area contributed by atoms with Gasteiger partial charge in [-0.25, -0.2) is 29.9 Å². The van der Waals surface area contributed by atoms with Crippen molar-refractivity contribution in [3.63, 3.8) is 0 Å². The summed E-state index contributed by atoms with van der Waals surface area (Å²) in [6.45, 7) is 11.9. The molecule has 294 valence electrons. The Morgan fingerprint density at radius 1 is 0.345 bits per heavy atom. The van der Waals surface area contributed by atoms with Gasteiger partial charge in [-0.2, -0.15) is 0 Å². The van der Waals surface area contributed by atoms with E-state index in [0.29, 0.717) is 0 Å². The lowest BCUT2D eigenvalue weighted by atomic mass is 9.85. The maximum Gasteiger partial charge on any atom is 0.0949 e. The van der Waals surface area contributed by atoms with Gasteiger partial charge in [0.1, 0.15) is 0 Å². The fourth-order valence-electron chi connectivity index (χ4n) is 6.58. The first kappa shape index (κ1) is 39.2. The van der Waals surface area contributed by atoms with Crippen LogP contribution in [0.4, 0.5) is 0 Å². The summed E-state index contributed by atoms with van der Waals surface area (Å²) in [6.07, 6.45) is 33.8. The van der Waals surface area contributed by atoms with Gasteiger partial charge in [0.2, 0.25) is 0 Å². The predicted octanol–water partition coefficient (Wildman–Crippen LogP) is 7.83. The second-order valence-electron chi connectivity index (χ2n) is 15.3. The van der Waals surface area contributed by atoms with Gasteiger partial charge in [-0.3, -0.25) is 0 Å². The van der Waals surface area contributed by atoms with Crippen molar-refractivity contribution in [3.8, 4) is 0 Å². The van der Waals surface area contributed by atoms with Gasteiger partial charge in [-0.1, -0.05) is 87.5 Å². The van der Waals surface area contributed by atoms with Gasteiger partial charge >= 0.3 is 0 Å². The summed E-state index contributed by atoms with van der Waals surface area (Å²) >= 11 is 0. The van der Waals surface area contributed by atoms with Crippen LogP contribution in [-0.2, 0) is 44.7 Å². The van der Waals surface area contributed by atoms with E-state index >= 15 is 0 Å². The van der Waals surface area contributed by atoms with Crippen LogP contribution in [0.25, 0.3) is 0 Å². The average molecular weight is 771 g/mol. The molecular formula is C46H50N12. The highest BCUT2D eigenvalue weighted by Crippen LogP contribution is 2.25. The van der Waals surface area contributed by atoms with Crippen LogP contribution in [0, 0.1) is 0 Å². The fraction of sp³-hybridized carbons (Fsp3) is 0.217. The highest BCUT2D eigenvalue weighted by Gasteiger charge is 2.16. The number of hydrogen-bond donors (Lipinski definition) is 0. The monoisotopic (exact) mass is 770 g/mol. The molecule has 12 heteroatoms. The van der Waals surface area contributed by atoms with Gasteiger partial charge in [-0.15, -0.1) is 0 Å². The zero-order chi connectivity index (χ0) is 40.0. The molecule has 0 unspecified atom stereocenters. The maximum absolute atomic E-state index is 4.12. The third-order valence-corrected chi connectivity index (χ3v) is 9.45. The summed E-state index contributed by atoms with van der Waals surface area (Å²) in [5, 5.41) is 0. The molecule has 0 spiro atoms. The fourth-order valence-corrected chi connectivity index (χ4v) is 6.58. The van der Waals surface area contributed by atoms with Crippen LogP contribution in [0.15, 0.2) is 179 Å². The van der Waals surface area contributed by atoms with E-state index in [1.807, 2.05) is 87.5 Å². The summed E-state index contributed by atoms with van der Waals surface area (Å²) in [5.74, 6) is 0. The molecule has 0 bridgehead atoms.